The van der Waals surface area contributed by atoms with Gasteiger partial charge >= 0.3 is 0 Å². The van der Waals surface area contributed by atoms with Gasteiger partial charge in [0.2, 0.25) is 9.84 Å². The summed E-state index contributed by atoms with van der Waals surface area (Å²) in [6.45, 7) is -0.0117. The molecule has 29 heavy (non-hydrogen) atoms. The molecule has 0 saturated heterocycles. The molecule has 0 aliphatic carbocycles. The van der Waals surface area contributed by atoms with Crippen molar-refractivity contribution in [1.29, 1.82) is 5.26 Å². The largest absolute Gasteiger partial charge is 0.483 e. The van der Waals surface area contributed by atoms with E-state index in [1.807, 2.05) is 0 Å². The molecule has 0 bridgehead atoms. The number of ether oxygens (including phenoxy) is 1. The van der Waals surface area contributed by atoms with Crippen molar-refractivity contribution in [3.63, 3.8) is 0 Å². The van der Waals surface area contributed by atoms with Crippen LogP contribution >= 0.6 is 34.8 Å². The van der Waals surface area contributed by atoms with E-state index in [0.29, 0.717) is 10.8 Å². The molecule has 3 rings (SSSR count). The first kappa shape index (κ1) is 21.3. The zero-order chi connectivity index (χ0) is 21.0. The molecule has 9 heteroatoms. The minimum atomic E-state index is -3.95. The van der Waals surface area contributed by atoms with Crippen LogP contribution in [0.1, 0.15) is 11.5 Å². The first-order chi connectivity index (χ1) is 13.8. The van der Waals surface area contributed by atoms with Crippen LogP contribution in [0.15, 0.2) is 68.8 Å². The van der Waals surface area contributed by atoms with Gasteiger partial charge in [-0.05, 0) is 36.4 Å². The Balaban J connectivity index is 1.80. The summed E-state index contributed by atoms with van der Waals surface area (Å²) in [5, 5.41) is 10.2. The average Bonchev–Trinajstić information content (AvgIpc) is 3.13. The fourth-order valence-electron chi connectivity index (χ4n) is 2.39. The van der Waals surface area contributed by atoms with Crippen LogP contribution in [0.2, 0.25) is 15.1 Å². The predicted octanol–water partition coefficient (Wildman–Crippen LogP) is 6.16. The lowest BCUT2D eigenvalue weighted by Gasteiger charge is -2.09. The highest BCUT2D eigenvalue weighted by molar-refractivity contribution is 7.95. The van der Waals surface area contributed by atoms with Crippen LogP contribution in [-0.2, 0) is 16.4 Å². The minimum Gasteiger partial charge on any atom is -0.483 e. The van der Waals surface area contributed by atoms with E-state index >= 15 is 0 Å². The highest BCUT2D eigenvalue weighted by Gasteiger charge is 2.21. The third kappa shape index (κ3) is 4.95. The molecule has 0 unspecified atom stereocenters. The molecule has 0 fully saturated rings. The van der Waals surface area contributed by atoms with E-state index in [4.69, 9.17) is 44.0 Å². The van der Waals surface area contributed by atoms with Crippen molar-refractivity contribution in [3.05, 3.63) is 86.1 Å². The maximum Gasteiger partial charge on any atom is 0.216 e. The summed E-state index contributed by atoms with van der Waals surface area (Å²) < 4.78 is 36.3. The van der Waals surface area contributed by atoms with Crippen molar-refractivity contribution in [3.8, 4) is 11.8 Å². The van der Waals surface area contributed by atoms with Gasteiger partial charge in [0.25, 0.3) is 0 Å². The van der Waals surface area contributed by atoms with Gasteiger partial charge in [-0.3, -0.25) is 0 Å². The van der Waals surface area contributed by atoms with Crippen LogP contribution in [0, 0.1) is 11.3 Å². The first-order valence-corrected chi connectivity index (χ1v) is 10.7. The highest BCUT2D eigenvalue weighted by Crippen LogP contribution is 2.36. The molecule has 0 atom stereocenters. The van der Waals surface area contributed by atoms with Crippen LogP contribution in [0.3, 0.4) is 0 Å². The van der Waals surface area contributed by atoms with Crippen LogP contribution in [-0.4, -0.2) is 8.42 Å². The number of sulfone groups is 1. The van der Waals surface area contributed by atoms with E-state index < -0.39 is 14.7 Å². The van der Waals surface area contributed by atoms with Crippen molar-refractivity contribution in [2.45, 2.75) is 11.5 Å². The van der Waals surface area contributed by atoms with Gasteiger partial charge in [-0.2, -0.15) is 5.26 Å². The second kappa shape index (κ2) is 8.93. The summed E-state index contributed by atoms with van der Waals surface area (Å²) in [6, 6.07) is 15.5. The number of hydrogen-bond donors (Lipinski definition) is 0. The van der Waals surface area contributed by atoms with E-state index in [-0.39, 0.29) is 33.1 Å². The molecule has 0 saturated carbocycles. The number of halogens is 3. The lowest BCUT2D eigenvalue weighted by molar-refractivity contribution is 0.270. The topological polar surface area (TPSA) is 80.3 Å². The molecule has 3 aromatic rings. The number of hydrogen-bond acceptors (Lipinski definition) is 5. The second-order valence-electron chi connectivity index (χ2n) is 5.73. The number of nitriles is 1. The Bertz CT molecular complexity index is 1190. The smallest absolute Gasteiger partial charge is 0.216 e. The Morgan fingerprint density at radius 2 is 1.72 bits per heavy atom. The zero-order valence-electron chi connectivity index (χ0n) is 14.6. The number of allylic oxidation sites excluding steroid dienone is 1. The molecule has 0 N–H and O–H groups in total. The molecule has 0 aliphatic rings. The van der Waals surface area contributed by atoms with Crippen LogP contribution < -0.4 is 4.74 Å². The summed E-state index contributed by atoms with van der Waals surface area (Å²) in [5.41, 5.74) is 0. The fourth-order valence-corrected chi connectivity index (χ4v) is 4.47. The van der Waals surface area contributed by atoms with Gasteiger partial charge in [0.05, 0.1) is 14.9 Å². The third-order valence-corrected chi connectivity index (χ3v) is 6.19. The standard InChI is InChI=1S/C20H12Cl3NO4S/c21-13-8-18(22)20(19(23)9-13)27-12-15-7-6-14(28-15)10-17(11-24)29(25,26)16-4-2-1-3-5-16/h1-10H,12H2/b17-10+. The van der Waals surface area contributed by atoms with Crippen LogP contribution in [0.4, 0.5) is 0 Å². The Hall–Kier alpha value is -2.43. The molecule has 2 aromatic carbocycles. The van der Waals surface area contributed by atoms with E-state index in [1.54, 1.807) is 30.3 Å². The van der Waals surface area contributed by atoms with Crippen LogP contribution in [0.25, 0.3) is 6.08 Å². The number of nitrogens with zero attached hydrogens (tertiary/aromatic N) is 1. The Morgan fingerprint density at radius 3 is 2.34 bits per heavy atom. The van der Waals surface area contributed by atoms with Gasteiger partial charge < -0.3 is 9.15 Å². The van der Waals surface area contributed by atoms with Gasteiger partial charge in [-0.25, -0.2) is 8.42 Å². The van der Waals surface area contributed by atoms with Crippen molar-refractivity contribution in [1.82, 2.24) is 0 Å². The maximum atomic E-state index is 12.6. The summed E-state index contributed by atoms with van der Waals surface area (Å²) in [4.78, 5) is -0.413. The maximum absolute atomic E-state index is 12.6. The molecule has 0 radical (unpaired) electrons. The molecular weight excluding hydrogens is 457 g/mol. The summed E-state index contributed by atoms with van der Waals surface area (Å²) in [7, 11) is -3.95. The lowest BCUT2D eigenvalue weighted by Crippen LogP contribution is -2.03. The Kier molecular flexibility index (Phi) is 6.56. The fraction of sp³-hybridized carbons (Fsp3) is 0.0500. The number of benzene rings is 2. The van der Waals surface area contributed by atoms with E-state index in [2.05, 4.69) is 0 Å². The van der Waals surface area contributed by atoms with Crippen LogP contribution in [0.5, 0.6) is 5.75 Å². The van der Waals surface area contributed by atoms with Gasteiger partial charge in [0.1, 0.15) is 24.2 Å². The normalized spacial score (nSPS) is 11.9. The SMILES string of the molecule is N#C/C(=C\c1ccc(COc2c(Cl)cc(Cl)cc2Cl)o1)S(=O)(=O)c1ccccc1. The van der Waals surface area contributed by atoms with Crippen molar-refractivity contribution in [2.75, 3.05) is 0 Å². The van der Waals surface area contributed by atoms with Gasteiger partial charge in [0.15, 0.2) is 10.7 Å². The molecule has 0 amide bonds. The quantitative estimate of drug-likeness (QED) is 0.405. The highest BCUT2D eigenvalue weighted by atomic mass is 35.5. The molecule has 1 heterocycles. The summed E-state index contributed by atoms with van der Waals surface area (Å²) in [6.07, 6.45) is 1.16. The van der Waals surface area contributed by atoms with E-state index in [9.17, 15) is 13.7 Å². The zero-order valence-corrected chi connectivity index (χ0v) is 17.7. The van der Waals surface area contributed by atoms with Gasteiger partial charge in [0, 0.05) is 11.1 Å². The van der Waals surface area contributed by atoms with Gasteiger partial charge in [-0.1, -0.05) is 53.0 Å². The minimum absolute atomic E-state index is 0.0117. The summed E-state index contributed by atoms with van der Waals surface area (Å²) in [5.74, 6) is 0.816. The van der Waals surface area contributed by atoms with E-state index in [0.717, 1.165) is 6.08 Å². The Labute approximate surface area is 182 Å². The molecule has 0 spiro atoms. The molecule has 5 nitrogen and oxygen atoms in total. The third-order valence-electron chi connectivity index (χ3n) is 3.73. The number of rotatable bonds is 6. The Morgan fingerprint density at radius 1 is 1.07 bits per heavy atom. The summed E-state index contributed by atoms with van der Waals surface area (Å²) >= 11 is 18.0. The van der Waals surface area contributed by atoms with Crippen molar-refractivity contribution in [2.24, 2.45) is 0 Å². The van der Waals surface area contributed by atoms with Crippen molar-refractivity contribution >= 4 is 50.7 Å². The van der Waals surface area contributed by atoms with E-state index in [1.165, 1.54) is 30.3 Å². The van der Waals surface area contributed by atoms with Gasteiger partial charge in [-0.15, -0.1) is 0 Å². The first-order valence-electron chi connectivity index (χ1n) is 8.09. The van der Waals surface area contributed by atoms with Crippen molar-refractivity contribution < 1.29 is 17.6 Å². The average molecular weight is 469 g/mol. The molecule has 1 aromatic heterocycles. The molecule has 148 valence electrons. The lowest BCUT2D eigenvalue weighted by atomic mass is 10.3. The molecular formula is C20H12Cl3NO4S. The monoisotopic (exact) mass is 467 g/mol. The second-order valence-corrected chi connectivity index (χ2v) is 8.90. The molecule has 0 aliphatic heterocycles. The predicted molar refractivity (Wildman–Crippen MR) is 112 cm³/mol. The number of furan rings is 1.